The molecule has 0 bridgehead atoms. The highest BCUT2D eigenvalue weighted by Gasteiger charge is 2.25. The number of rotatable bonds is 9. The molecule has 0 aromatic heterocycles. The minimum absolute atomic E-state index is 0.00780. The van der Waals surface area contributed by atoms with Gasteiger partial charge in [-0.1, -0.05) is 23.7 Å². The van der Waals surface area contributed by atoms with Crippen molar-refractivity contribution in [3.63, 3.8) is 0 Å². The summed E-state index contributed by atoms with van der Waals surface area (Å²) in [5.74, 6) is 1.27. The number of methoxy groups -OCH3 is 2. The van der Waals surface area contributed by atoms with E-state index in [0.717, 1.165) is 44.3 Å². The molecule has 0 aliphatic carbocycles. The standard InChI is InChI=1S/C24H30ClFN2O3/c1-30-22-9-8-17(15-23(22)31-2)5-4-12-27-24(29)18-10-13-28(14-11-18)16-19-20(25)6-3-7-21(19)26/h3,6-9,15,18H,4-5,10-14,16H2,1-2H3,(H,27,29). The smallest absolute Gasteiger partial charge is 0.223 e. The second-order valence-electron chi connectivity index (χ2n) is 7.83. The number of ether oxygens (including phenoxy) is 2. The van der Waals surface area contributed by atoms with Crippen molar-refractivity contribution in [2.75, 3.05) is 33.9 Å². The highest BCUT2D eigenvalue weighted by molar-refractivity contribution is 6.31. The second-order valence-corrected chi connectivity index (χ2v) is 8.24. The first-order valence-electron chi connectivity index (χ1n) is 10.7. The second kappa shape index (κ2) is 11.3. The average Bonchev–Trinajstić information content (AvgIpc) is 2.79. The monoisotopic (exact) mass is 448 g/mol. The molecular formula is C24H30ClFN2O3. The highest BCUT2D eigenvalue weighted by Crippen LogP contribution is 2.28. The van der Waals surface area contributed by atoms with Gasteiger partial charge in [-0.3, -0.25) is 9.69 Å². The zero-order valence-corrected chi connectivity index (χ0v) is 18.9. The third kappa shape index (κ3) is 6.34. The number of benzene rings is 2. The van der Waals surface area contributed by atoms with Crippen LogP contribution in [0.2, 0.25) is 5.02 Å². The van der Waals surface area contributed by atoms with Gasteiger partial charge in [0.2, 0.25) is 5.91 Å². The van der Waals surface area contributed by atoms with Crippen LogP contribution in [-0.2, 0) is 17.8 Å². The Morgan fingerprint density at radius 3 is 2.58 bits per heavy atom. The molecule has 0 saturated carbocycles. The van der Waals surface area contributed by atoms with Crippen LogP contribution >= 0.6 is 11.6 Å². The van der Waals surface area contributed by atoms with Crippen LogP contribution in [0.15, 0.2) is 36.4 Å². The predicted molar refractivity (Wildman–Crippen MR) is 120 cm³/mol. The number of carbonyl (C=O) groups is 1. The SMILES string of the molecule is COc1ccc(CCCNC(=O)C2CCN(Cc3c(F)cccc3Cl)CC2)cc1OC. The van der Waals surface area contributed by atoms with E-state index >= 15 is 0 Å². The fourth-order valence-electron chi connectivity index (χ4n) is 3.94. The zero-order chi connectivity index (χ0) is 22.2. The van der Waals surface area contributed by atoms with Crippen molar-refractivity contribution >= 4 is 17.5 Å². The normalized spacial score (nSPS) is 15.0. The molecule has 1 aliphatic rings. The Morgan fingerprint density at radius 2 is 1.90 bits per heavy atom. The summed E-state index contributed by atoms with van der Waals surface area (Å²) in [6.45, 7) is 2.63. The third-order valence-corrected chi connectivity index (χ3v) is 6.15. The highest BCUT2D eigenvalue weighted by atomic mass is 35.5. The Balaban J connectivity index is 1.38. The van der Waals surface area contributed by atoms with Crippen LogP contribution in [0, 0.1) is 11.7 Å². The first kappa shape index (κ1) is 23.4. The summed E-state index contributed by atoms with van der Waals surface area (Å²) in [5, 5.41) is 3.52. The molecule has 1 saturated heterocycles. The fourth-order valence-corrected chi connectivity index (χ4v) is 4.17. The maximum atomic E-state index is 14.0. The molecule has 7 heteroatoms. The van der Waals surface area contributed by atoms with E-state index in [1.165, 1.54) is 6.07 Å². The molecule has 1 fully saturated rings. The fraction of sp³-hybridized carbons (Fsp3) is 0.458. The van der Waals surface area contributed by atoms with Gasteiger partial charge < -0.3 is 14.8 Å². The van der Waals surface area contributed by atoms with E-state index < -0.39 is 0 Å². The number of aryl methyl sites for hydroxylation is 1. The number of piperidine rings is 1. The lowest BCUT2D eigenvalue weighted by atomic mass is 9.95. The number of carbonyl (C=O) groups excluding carboxylic acids is 1. The van der Waals surface area contributed by atoms with Gasteiger partial charge in [0.1, 0.15) is 5.82 Å². The van der Waals surface area contributed by atoms with Crippen molar-refractivity contribution in [3.8, 4) is 11.5 Å². The lowest BCUT2D eigenvalue weighted by Crippen LogP contribution is -2.40. The van der Waals surface area contributed by atoms with E-state index in [-0.39, 0.29) is 17.6 Å². The topological polar surface area (TPSA) is 50.8 Å². The number of halogens is 2. The Bertz CT molecular complexity index is 865. The molecule has 1 aliphatic heterocycles. The van der Waals surface area contributed by atoms with Crippen molar-refractivity contribution in [1.82, 2.24) is 10.2 Å². The van der Waals surface area contributed by atoms with E-state index in [1.807, 2.05) is 18.2 Å². The van der Waals surface area contributed by atoms with Crippen LogP contribution in [0.4, 0.5) is 4.39 Å². The molecule has 31 heavy (non-hydrogen) atoms. The molecule has 0 radical (unpaired) electrons. The molecule has 0 spiro atoms. The molecule has 2 aromatic rings. The summed E-state index contributed by atoms with van der Waals surface area (Å²) in [4.78, 5) is 14.7. The summed E-state index contributed by atoms with van der Waals surface area (Å²) >= 11 is 6.13. The number of nitrogens with one attached hydrogen (secondary N) is 1. The molecule has 0 atom stereocenters. The summed E-state index contributed by atoms with van der Waals surface area (Å²) in [6.07, 6.45) is 3.25. The van der Waals surface area contributed by atoms with Gasteiger partial charge >= 0.3 is 0 Å². The van der Waals surface area contributed by atoms with Gasteiger partial charge in [-0.2, -0.15) is 0 Å². The number of likely N-dealkylation sites (tertiary alicyclic amines) is 1. The van der Waals surface area contributed by atoms with Gasteiger partial charge in [-0.25, -0.2) is 4.39 Å². The average molecular weight is 449 g/mol. The van der Waals surface area contributed by atoms with Gasteiger partial charge in [0.05, 0.1) is 14.2 Å². The first-order valence-corrected chi connectivity index (χ1v) is 11.0. The molecule has 3 rings (SSSR count). The molecule has 5 nitrogen and oxygen atoms in total. The minimum Gasteiger partial charge on any atom is -0.493 e. The van der Waals surface area contributed by atoms with Gasteiger partial charge in [-0.05, 0) is 68.6 Å². The Morgan fingerprint density at radius 1 is 1.16 bits per heavy atom. The lowest BCUT2D eigenvalue weighted by Gasteiger charge is -2.31. The van der Waals surface area contributed by atoms with Gasteiger partial charge in [0.15, 0.2) is 11.5 Å². The van der Waals surface area contributed by atoms with E-state index in [0.29, 0.717) is 35.2 Å². The summed E-state index contributed by atoms with van der Waals surface area (Å²) in [5.41, 5.74) is 1.68. The molecular weight excluding hydrogens is 419 g/mol. The van der Waals surface area contributed by atoms with Crippen molar-refractivity contribution in [3.05, 3.63) is 58.4 Å². The van der Waals surface area contributed by atoms with E-state index in [1.54, 1.807) is 26.4 Å². The van der Waals surface area contributed by atoms with Crippen LogP contribution in [0.25, 0.3) is 0 Å². The molecule has 1 heterocycles. The van der Waals surface area contributed by atoms with E-state index in [2.05, 4.69) is 10.2 Å². The van der Waals surface area contributed by atoms with Crippen molar-refractivity contribution in [2.24, 2.45) is 5.92 Å². The van der Waals surface area contributed by atoms with Crippen molar-refractivity contribution < 1.29 is 18.7 Å². The largest absolute Gasteiger partial charge is 0.493 e. The lowest BCUT2D eigenvalue weighted by molar-refractivity contribution is -0.126. The number of hydrogen-bond acceptors (Lipinski definition) is 4. The van der Waals surface area contributed by atoms with E-state index in [9.17, 15) is 9.18 Å². The third-order valence-electron chi connectivity index (χ3n) is 5.79. The number of amides is 1. The molecule has 2 aromatic carbocycles. The Labute approximate surface area is 188 Å². The quantitative estimate of drug-likeness (QED) is 0.575. The summed E-state index contributed by atoms with van der Waals surface area (Å²) < 4.78 is 24.6. The van der Waals surface area contributed by atoms with Crippen molar-refractivity contribution in [1.29, 1.82) is 0 Å². The summed E-state index contributed by atoms with van der Waals surface area (Å²) in [6, 6.07) is 10.6. The first-order chi connectivity index (χ1) is 15.0. The minimum atomic E-state index is -0.276. The zero-order valence-electron chi connectivity index (χ0n) is 18.1. The van der Waals surface area contributed by atoms with Gasteiger partial charge in [-0.15, -0.1) is 0 Å². The maximum Gasteiger partial charge on any atom is 0.223 e. The van der Waals surface area contributed by atoms with E-state index in [4.69, 9.17) is 21.1 Å². The van der Waals surface area contributed by atoms with Crippen LogP contribution < -0.4 is 14.8 Å². The van der Waals surface area contributed by atoms with Gasteiger partial charge in [0, 0.05) is 29.6 Å². The van der Waals surface area contributed by atoms with Crippen LogP contribution in [0.5, 0.6) is 11.5 Å². The van der Waals surface area contributed by atoms with Crippen molar-refractivity contribution in [2.45, 2.75) is 32.2 Å². The molecule has 1 N–H and O–H groups in total. The molecule has 0 unspecified atom stereocenters. The van der Waals surface area contributed by atoms with Crippen LogP contribution in [-0.4, -0.2) is 44.7 Å². The summed E-state index contributed by atoms with van der Waals surface area (Å²) in [7, 11) is 3.24. The van der Waals surface area contributed by atoms with Gasteiger partial charge in [0.25, 0.3) is 0 Å². The molecule has 168 valence electrons. The maximum absolute atomic E-state index is 14.0. The van der Waals surface area contributed by atoms with Crippen LogP contribution in [0.3, 0.4) is 0 Å². The number of hydrogen-bond donors (Lipinski definition) is 1. The predicted octanol–water partition coefficient (Wildman–Crippen LogP) is 4.46. The Kier molecular flexibility index (Phi) is 8.55. The number of nitrogens with zero attached hydrogens (tertiary/aromatic N) is 1. The molecule has 1 amide bonds. The Hall–Kier alpha value is -2.31. The van der Waals surface area contributed by atoms with Crippen LogP contribution in [0.1, 0.15) is 30.4 Å².